The summed E-state index contributed by atoms with van der Waals surface area (Å²) in [7, 11) is 0. The van der Waals surface area contributed by atoms with Gasteiger partial charge in [0.05, 0.1) is 23.1 Å². The second-order valence-corrected chi connectivity index (χ2v) is 6.96. The van der Waals surface area contributed by atoms with Crippen LogP contribution in [0.3, 0.4) is 0 Å². The molecule has 2 aromatic carbocycles. The van der Waals surface area contributed by atoms with E-state index in [1.807, 2.05) is 18.2 Å². The molecule has 0 saturated carbocycles. The third-order valence-corrected chi connectivity index (χ3v) is 5.19. The van der Waals surface area contributed by atoms with E-state index in [0.717, 1.165) is 53.5 Å². The molecule has 28 heavy (non-hydrogen) atoms. The first-order valence-electron chi connectivity index (χ1n) is 9.31. The SMILES string of the molecule is O=C(Nc1cccc2cn[nH]c12)c1nn(-c2ccc(F)cc2)c2c1CCCC2. The number of para-hydroxylation sites is 1. The van der Waals surface area contributed by atoms with Gasteiger partial charge in [-0.3, -0.25) is 9.89 Å². The molecule has 1 aliphatic carbocycles. The summed E-state index contributed by atoms with van der Waals surface area (Å²) in [6, 6.07) is 11.8. The maximum Gasteiger partial charge on any atom is 0.276 e. The van der Waals surface area contributed by atoms with E-state index in [1.165, 1.54) is 12.1 Å². The van der Waals surface area contributed by atoms with Gasteiger partial charge in [0.1, 0.15) is 5.82 Å². The van der Waals surface area contributed by atoms with Gasteiger partial charge in [-0.05, 0) is 56.0 Å². The monoisotopic (exact) mass is 375 g/mol. The Labute approximate surface area is 160 Å². The van der Waals surface area contributed by atoms with E-state index in [1.54, 1.807) is 23.0 Å². The fourth-order valence-electron chi connectivity index (χ4n) is 3.83. The highest BCUT2D eigenvalue weighted by atomic mass is 19.1. The first-order valence-corrected chi connectivity index (χ1v) is 9.31. The maximum atomic E-state index is 13.3. The Hall–Kier alpha value is -3.48. The first kappa shape index (κ1) is 16.7. The standard InChI is InChI=1S/C21H18FN5O/c22-14-8-10-15(11-9-14)27-18-7-2-1-5-16(18)20(26-27)21(28)24-17-6-3-4-13-12-23-25-19(13)17/h3-4,6,8-12H,1-2,5,7H2,(H,23,25)(H,24,28). The molecule has 5 rings (SSSR count). The lowest BCUT2D eigenvalue weighted by Crippen LogP contribution is -2.15. The van der Waals surface area contributed by atoms with Gasteiger partial charge in [-0.25, -0.2) is 9.07 Å². The van der Waals surface area contributed by atoms with E-state index < -0.39 is 0 Å². The van der Waals surface area contributed by atoms with Crippen LogP contribution in [0.15, 0.2) is 48.7 Å². The van der Waals surface area contributed by atoms with Crippen LogP contribution in [0, 0.1) is 5.82 Å². The van der Waals surface area contributed by atoms with Crippen LogP contribution in [0.1, 0.15) is 34.6 Å². The van der Waals surface area contributed by atoms with Crippen molar-refractivity contribution in [3.8, 4) is 5.69 Å². The summed E-state index contributed by atoms with van der Waals surface area (Å²) in [5.41, 5.74) is 4.64. The number of nitrogens with zero attached hydrogens (tertiary/aromatic N) is 3. The molecule has 6 nitrogen and oxygen atoms in total. The summed E-state index contributed by atoms with van der Waals surface area (Å²) in [5.74, 6) is -0.545. The van der Waals surface area contributed by atoms with Gasteiger partial charge in [-0.1, -0.05) is 12.1 Å². The van der Waals surface area contributed by atoms with E-state index in [2.05, 4.69) is 20.6 Å². The number of aromatic amines is 1. The molecule has 0 bridgehead atoms. The fourth-order valence-corrected chi connectivity index (χ4v) is 3.83. The van der Waals surface area contributed by atoms with E-state index in [0.29, 0.717) is 11.4 Å². The highest BCUT2D eigenvalue weighted by Gasteiger charge is 2.26. The van der Waals surface area contributed by atoms with E-state index >= 15 is 0 Å². The number of H-pyrrole nitrogens is 1. The van der Waals surface area contributed by atoms with Gasteiger partial charge in [-0.2, -0.15) is 10.2 Å². The summed E-state index contributed by atoms with van der Waals surface area (Å²) < 4.78 is 15.1. The molecule has 140 valence electrons. The average Bonchev–Trinajstić information content (AvgIpc) is 3.34. The van der Waals surface area contributed by atoms with Gasteiger partial charge in [0, 0.05) is 16.6 Å². The Kier molecular flexibility index (Phi) is 3.93. The second-order valence-electron chi connectivity index (χ2n) is 6.96. The number of amides is 1. The highest BCUT2D eigenvalue weighted by Crippen LogP contribution is 2.28. The van der Waals surface area contributed by atoms with Crippen LogP contribution in [-0.2, 0) is 12.8 Å². The van der Waals surface area contributed by atoms with E-state index in [9.17, 15) is 9.18 Å². The molecule has 2 N–H and O–H groups in total. The van der Waals surface area contributed by atoms with Crippen LogP contribution in [0.5, 0.6) is 0 Å². The molecule has 1 amide bonds. The normalized spacial score (nSPS) is 13.5. The van der Waals surface area contributed by atoms with Crippen molar-refractivity contribution in [1.29, 1.82) is 0 Å². The third-order valence-electron chi connectivity index (χ3n) is 5.19. The predicted molar refractivity (Wildman–Crippen MR) is 104 cm³/mol. The number of hydrogen-bond donors (Lipinski definition) is 2. The lowest BCUT2D eigenvalue weighted by molar-refractivity contribution is 0.102. The van der Waals surface area contributed by atoms with Crippen molar-refractivity contribution in [2.24, 2.45) is 0 Å². The minimum atomic E-state index is -0.296. The lowest BCUT2D eigenvalue weighted by Gasteiger charge is -2.14. The molecule has 0 saturated heterocycles. The van der Waals surface area contributed by atoms with Crippen molar-refractivity contribution < 1.29 is 9.18 Å². The molecule has 0 unspecified atom stereocenters. The molecule has 4 aromatic rings. The van der Waals surface area contributed by atoms with Gasteiger partial charge in [-0.15, -0.1) is 0 Å². The molecule has 0 atom stereocenters. The molecular formula is C21H18FN5O. The van der Waals surface area contributed by atoms with Crippen molar-refractivity contribution in [2.75, 3.05) is 5.32 Å². The van der Waals surface area contributed by atoms with Crippen molar-refractivity contribution in [1.82, 2.24) is 20.0 Å². The van der Waals surface area contributed by atoms with Crippen LogP contribution in [-0.4, -0.2) is 25.9 Å². The minimum Gasteiger partial charge on any atom is -0.319 e. The van der Waals surface area contributed by atoms with Crippen molar-refractivity contribution >= 4 is 22.5 Å². The van der Waals surface area contributed by atoms with Crippen LogP contribution in [0.2, 0.25) is 0 Å². The number of nitrogens with one attached hydrogen (secondary N) is 2. The fraction of sp³-hybridized carbons (Fsp3) is 0.190. The number of carbonyl (C=O) groups excluding carboxylic acids is 1. The first-order chi connectivity index (χ1) is 13.7. The summed E-state index contributed by atoms with van der Waals surface area (Å²) in [6.45, 7) is 0. The van der Waals surface area contributed by atoms with E-state index in [4.69, 9.17) is 0 Å². The number of rotatable bonds is 3. The Morgan fingerprint density at radius 1 is 1.11 bits per heavy atom. The van der Waals surface area contributed by atoms with E-state index in [-0.39, 0.29) is 11.7 Å². The quantitative estimate of drug-likeness (QED) is 0.568. The number of benzene rings is 2. The zero-order valence-corrected chi connectivity index (χ0v) is 15.1. The van der Waals surface area contributed by atoms with Gasteiger partial charge in [0.25, 0.3) is 5.91 Å². The lowest BCUT2D eigenvalue weighted by atomic mass is 9.95. The number of hydrogen-bond acceptors (Lipinski definition) is 3. The van der Waals surface area contributed by atoms with Crippen molar-refractivity contribution in [2.45, 2.75) is 25.7 Å². The topological polar surface area (TPSA) is 75.6 Å². The summed E-state index contributed by atoms with van der Waals surface area (Å²) in [5, 5.41) is 15.5. The smallest absolute Gasteiger partial charge is 0.276 e. The second kappa shape index (κ2) is 6.60. The number of fused-ring (bicyclic) bond motifs is 2. The molecule has 0 radical (unpaired) electrons. The Balaban J connectivity index is 1.55. The third kappa shape index (κ3) is 2.76. The minimum absolute atomic E-state index is 0.249. The molecule has 1 aliphatic rings. The van der Waals surface area contributed by atoms with Crippen LogP contribution < -0.4 is 5.32 Å². The number of halogens is 1. The molecular weight excluding hydrogens is 357 g/mol. The zero-order chi connectivity index (χ0) is 19.1. The van der Waals surface area contributed by atoms with Crippen LogP contribution in [0.4, 0.5) is 10.1 Å². The zero-order valence-electron chi connectivity index (χ0n) is 15.1. The number of carbonyl (C=O) groups is 1. The molecule has 0 aliphatic heterocycles. The molecule has 0 fully saturated rings. The Bertz CT molecular complexity index is 1180. The number of aromatic nitrogens is 4. The summed E-state index contributed by atoms with van der Waals surface area (Å²) in [4.78, 5) is 13.1. The van der Waals surface area contributed by atoms with Gasteiger partial charge < -0.3 is 5.32 Å². The predicted octanol–water partition coefficient (Wildman–Crippen LogP) is 4.02. The Morgan fingerprint density at radius 3 is 2.79 bits per heavy atom. The van der Waals surface area contributed by atoms with Crippen molar-refractivity contribution in [3.05, 3.63) is 71.4 Å². The molecule has 7 heteroatoms. The van der Waals surface area contributed by atoms with Gasteiger partial charge in [0.2, 0.25) is 0 Å². The molecule has 0 spiro atoms. The Morgan fingerprint density at radius 2 is 1.93 bits per heavy atom. The van der Waals surface area contributed by atoms with Gasteiger partial charge >= 0.3 is 0 Å². The summed E-state index contributed by atoms with van der Waals surface area (Å²) in [6.07, 6.45) is 5.46. The number of anilines is 1. The van der Waals surface area contributed by atoms with Crippen LogP contribution >= 0.6 is 0 Å². The molecule has 2 aromatic heterocycles. The average molecular weight is 375 g/mol. The van der Waals surface area contributed by atoms with Gasteiger partial charge in [0.15, 0.2) is 5.69 Å². The van der Waals surface area contributed by atoms with Crippen LogP contribution in [0.25, 0.3) is 16.6 Å². The molecule has 2 heterocycles. The maximum absolute atomic E-state index is 13.3. The van der Waals surface area contributed by atoms with Crippen molar-refractivity contribution in [3.63, 3.8) is 0 Å². The largest absolute Gasteiger partial charge is 0.319 e. The highest BCUT2D eigenvalue weighted by molar-refractivity contribution is 6.08. The summed E-state index contributed by atoms with van der Waals surface area (Å²) >= 11 is 0.